The number of carbonyl (C=O) groups excluding carboxylic acids is 2. The molecule has 34 heavy (non-hydrogen) atoms. The lowest BCUT2D eigenvalue weighted by Gasteiger charge is -2.25. The predicted molar refractivity (Wildman–Crippen MR) is 127 cm³/mol. The summed E-state index contributed by atoms with van der Waals surface area (Å²) in [5, 5.41) is 11.0. The number of aliphatic hydroxyl groups is 1. The zero-order valence-electron chi connectivity index (χ0n) is 18.9. The van der Waals surface area contributed by atoms with Gasteiger partial charge in [-0.25, -0.2) is 0 Å². The highest BCUT2D eigenvalue weighted by Gasteiger charge is 2.45. The molecule has 1 aromatic heterocycles. The van der Waals surface area contributed by atoms with Gasteiger partial charge in [0.25, 0.3) is 11.7 Å². The molecule has 1 N–H and O–H groups in total. The van der Waals surface area contributed by atoms with E-state index in [1.807, 2.05) is 42.5 Å². The fourth-order valence-electron chi connectivity index (χ4n) is 3.99. The summed E-state index contributed by atoms with van der Waals surface area (Å²) in [6.45, 7) is 1.20. The van der Waals surface area contributed by atoms with E-state index in [0.29, 0.717) is 43.1 Å². The Bertz CT molecular complexity index is 1160. The number of pyridine rings is 1. The lowest BCUT2D eigenvalue weighted by atomic mass is 9.95. The molecule has 0 bridgehead atoms. The van der Waals surface area contributed by atoms with Gasteiger partial charge in [-0.2, -0.15) is 0 Å². The topological polar surface area (TPSA) is 89.0 Å². The number of amides is 1. The van der Waals surface area contributed by atoms with E-state index in [9.17, 15) is 14.7 Å². The van der Waals surface area contributed by atoms with Gasteiger partial charge in [0.05, 0.1) is 11.6 Å². The van der Waals surface area contributed by atoms with Crippen LogP contribution in [0.5, 0.6) is 5.75 Å². The van der Waals surface area contributed by atoms with Gasteiger partial charge in [0.2, 0.25) is 0 Å². The van der Waals surface area contributed by atoms with Crippen LogP contribution in [0.3, 0.4) is 0 Å². The number of methoxy groups -OCH3 is 1. The van der Waals surface area contributed by atoms with Gasteiger partial charge >= 0.3 is 0 Å². The van der Waals surface area contributed by atoms with E-state index in [0.717, 1.165) is 5.56 Å². The fourth-order valence-corrected chi connectivity index (χ4v) is 3.99. The van der Waals surface area contributed by atoms with E-state index in [2.05, 4.69) is 4.98 Å². The minimum atomic E-state index is -0.715. The Kier molecular flexibility index (Phi) is 7.34. The Morgan fingerprint density at radius 3 is 2.38 bits per heavy atom. The third kappa shape index (κ3) is 5.00. The summed E-state index contributed by atoms with van der Waals surface area (Å²) in [5.41, 5.74) is 2.25. The molecule has 7 nitrogen and oxygen atoms in total. The number of aliphatic hydroxyl groups excluding tert-OH is 1. The molecule has 1 aliphatic heterocycles. The van der Waals surface area contributed by atoms with Crippen molar-refractivity contribution in [1.29, 1.82) is 0 Å². The minimum absolute atomic E-state index is 0.0616. The number of hydrogen-bond donors (Lipinski definition) is 1. The number of carbonyl (C=O) groups is 2. The lowest BCUT2D eigenvalue weighted by molar-refractivity contribution is -0.140. The summed E-state index contributed by atoms with van der Waals surface area (Å²) < 4.78 is 11.0. The molecule has 3 aromatic rings. The van der Waals surface area contributed by atoms with Crippen molar-refractivity contribution in [3.05, 3.63) is 101 Å². The van der Waals surface area contributed by atoms with Crippen LogP contribution in [0.25, 0.3) is 5.76 Å². The second-order valence-corrected chi connectivity index (χ2v) is 7.92. The number of ketones is 1. The highest BCUT2D eigenvalue weighted by molar-refractivity contribution is 6.46. The van der Waals surface area contributed by atoms with Crippen molar-refractivity contribution >= 4 is 17.4 Å². The van der Waals surface area contributed by atoms with Gasteiger partial charge in [0.1, 0.15) is 18.1 Å². The van der Waals surface area contributed by atoms with Crippen molar-refractivity contribution in [2.24, 2.45) is 0 Å². The lowest BCUT2D eigenvalue weighted by Crippen LogP contribution is -2.31. The van der Waals surface area contributed by atoms with Gasteiger partial charge in [-0.1, -0.05) is 42.5 Å². The third-order valence-electron chi connectivity index (χ3n) is 5.69. The quantitative estimate of drug-likeness (QED) is 0.225. The first-order valence-corrected chi connectivity index (χ1v) is 11.0. The molecule has 7 heteroatoms. The van der Waals surface area contributed by atoms with Gasteiger partial charge in [-0.3, -0.25) is 14.6 Å². The van der Waals surface area contributed by atoms with E-state index in [-0.39, 0.29) is 11.3 Å². The van der Waals surface area contributed by atoms with Crippen molar-refractivity contribution in [2.75, 3.05) is 20.3 Å². The molecule has 2 aromatic carbocycles. The van der Waals surface area contributed by atoms with E-state index in [4.69, 9.17) is 9.47 Å². The van der Waals surface area contributed by atoms with Crippen molar-refractivity contribution in [3.8, 4) is 5.75 Å². The number of Topliss-reactive ketones (excluding diaryl/α,β-unsaturated/α-hetero) is 1. The molecule has 0 saturated carbocycles. The molecule has 1 atom stereocenters. The standard InChI is InChI=1S/C27H26N2O5/c1-33-17-5-16-29-24(23(26(31)27(29)32)25(30)21-12-14-28-15-13-21)20-8-10-22(11-9-20)34-18-19-6-3-2-4-7-19/h2-4,6-15,24,30H,5,16-18H2,1H3/b25-23+. The summed E-state index contributed by atoms with van der Waals surface area (Å²) >= 11 is 0. The molecule has 1 fully saturated rings. The molecule has 1 amide bonds. The SMILES string of the molecule is COCCCN1C(=O)C(=O)/C(=C(/O)c2ccncc2)C1c1ccc(OCc2ccccc2)cc1. The van der Waals surface area contributed by atoms with E-state index in [1.165, 1.54) is 17.3 Å². The van der Waals surface area contributed by atoms with Crippen LogP contribution in [-0.4, -0.2) is 46.9 Å². The summed E-state index contributed by atoms with van der Waals surface area (Å²) in [6.07, 6.45) is 3.61. The van der Waals surface area contributed by atoms with Gasteiger partial charge in [0, 0.05) is 38.2 Å². The molecule has 4 rings (SSSR count). The highest BCUT2D eigenvalue weighted by atomic mass is 16.5. The van der Waals surface area contributed by atoms with E-state index in [1.54, 1.807) is 31.4 Å². The Morgan fingerprint density at radius 1 is 1.00 bits per heavy atom. The summed E-state index contributed by atoms with van der Waals surface area (Å²) in [5.74, 6) is -0.898. The summed E-state index contributed by atoms with van der Waals surface area (Å²) in [7, 11) is 1.59. The minimum Gasteiger partial charge on any atom is -0.507 e. The number of hydrogen-bond acceptors (Lipinski definition) is 6. The average molecular weight is 459 g/mol. The summed E-state index contributed by atoms with van der Waals surface area (Å²) in [4.78, 5) is 31.4. The van der Waals surface area contributed by atoms with Crippen LogP contribution in [0.1, 0.15) is 29.2 Å². The zero-order valence-corrected chi connectivity index (χ0v) is 18.9. The fraction of sp³-hybridized carbons (Fsp3) is 0.222. The number of aromatic nitrogens is 1. The zero-order chi connectivity index (χ0) is 23.9. The van der Waals surface area contributed by atoms with Crippen molar-refractivity contribution < 1.29 is 24.2 Å². The molecular weight excluding hydrogens is 432 g/mol. The Labute approximate surface area is 198 Å². The molecule has 0 radical (unpaired) electrons. The number of likely N-dealkylation sites (tertiary alicyclic amines) is 1. The summed E-state index contributed by atoms with van der Waals surface area (Å²) in [6, 6.07) is 19.6. The first-order valence-electron chi connectivity index (χ1n) is 11.0. The maximum atomic E-state index is 13.0. The molecule has 174 valence electrons. The van der Waals surface area contributed by atoms with Crippen LogP contribution < -0.4 is 4.74 Å². The van der Waals surface area contributed by atoms with Crippen LogP contribution in [0.4, 0.5) is 0 Å². The maximum Gasteiger partial charge on any atom is 0.295 e. The number of rotatable bonds is 9. The molecule has 1 unspecified atom stereocenters. The molecule has 0 spiro atoms. The molecular formula is C27H26N2O5. The Balaban J connectivity index is 1.65. The van der Waals surface area contributed by atoms with Crippen LogP contribution >= 0.6 is 0 Å². The van der Waals surface area contributed by atoms with Gasteiger partial charge < -0.3 is 19.5 Å². The second-order valence-electron chi connectivity index (χ2n) is 7.92. The van der Waals surface area contributed by atoms with Crippen molar-refractivity contribution in [3.63, 3.8) is 0 Å². The number of benzene rings is 2. The Hall–Kier alpha value is -3.97. The van der Waals surface area contributed by atoms with E-state index < -0.39 is 17.7 Å². The molecule has 2 heterocycles. The van der Waals surface area contributed by atoms with Crippen LogP contribution in [0.2, 0.25) is 0 Å². The molecule has 1 saturated heterocycles. The van der Waals surface area contributed by atoms with Crippen LogP contribution in [0.15, 0.2) is 84.7 Å². The van der Waals surface area contributed by atoms with Crippen molar-refractivity contribution in [1.82, 2.24) is 9.88 Å². The molecule has 0 aliphatic carbocycles. The van der Waals surface area contributed by atoms with E-state index >= 15 is 0 Å². The highest BCUT2D eigenvalue weighted by Crippen LogP contribution is 2.39. The largest absolute Gasteiger partial charge is 0.507 e. The second kappa shape index (κ2) is 10.8. The van der Waals surface area contributed by atoms with Gasteiger partial charge in [0.15, 0.2) is 0 Å². The van der Waals surface area contributed by atoms with Crippen LogP contribution in [0, 0.1) is 0 Å². The third-order valence-corrected chi connectivity index (χ3v) is 5.69. The normalized spacial score (nSPS) is 17.2. The first-order chi connectivity index (χ1) is 16.6. The van der Waals surface area contributed by atoms with Crippen molar-refractivity contribution in [2.45, 2.75) is 19.1 Å². The first kappa shape index (κ1) is 23.2. The van der Waals surface area contributed by atoms with Gasteiger partial charge in [-0.05, 0) is 41.8 Å². The number of ether oxygens (including phenoxy) is 2. The maximum absolute atomic E-state index is 13.0. The van der Waals surface area contributed by atoms with Crippen LogP contribution in [-0.2, 0) is 20.9 Å². The predicted octanol–water partition coefficient (Wildman–Crippen LogP) is 4.12. The van der Waals surface area contributed by atoms with Gasteiger partial charge in [-0.15, -0.1) is 0 Å². The monoisotopic (exact) mass is 458 g/mol. The number of nitrogens with zero attached hydrogens (tertiary/aromatic N) is 2. The smallest absolute Gasteiger partial charge is 0.295 e. The average Bonchev–Trinajstić information content (AvgIpc) is 3.13. The molecule has 1 aliphatic rings. The Morgan fingerprint density at radius 2 is 1.71 bits per heavy atom.